The summed E-state index contributed by atoms with van der Waals surface area (Å²) in [5.41, 5.74) is 10.8. The summed E-state index contributed by atoms with van der Waals surface area (Å²) in [4.78, 5) is 10.9. The van der Waals surface area contributed by atoms with Gasteiger partial charge in [-0.3, -0.25) is 4.79 Å². The number of anilines is 1. The number of nitrogen functional groups attached to an aromatic ring is 1. The van der Waals surface area contributed by atoms with Gasteiger partial charge in [0.1, 0.15) is 0 Å². The van der Waals surface area contributed by atoms with E-state index in [0.29, 0.717) is 6.54 Å². The Morgan fingerprint density at radius 3 is 3.00 bits per heavy atom. The minimum atomic E-state index is -0.661. The molecular weight excluding hydrogens is 198 g/mol. The molecule has 7 nitrogen and oxygen atoms in total. The van der Waals surface area contributed by atoms with Gasteiger partial charge >= 0.3 is 0 Å². The molecule has 2 heterocycles. The van der Waals surface area contributed by atoms with E-state index in [9.17, 15) is 4.79 Å². The molecular formula is C8H13N5O2. The lowest BCUT2D eigenvalue weighted by atomic mass is 10.2. The fourth-order valence-corrected chi connectivity index (χ4v) is 1.61. The first-order valence-corrected chi connectivity index (χ1v) is 4.79. The van der Waals surface area contributed by atoms with Crippen LogP contribution in [0.15, 0.2) is 0 Å². The first-order valence-electron chi connectivity index (χ1n) is 4.79. The highest BCUT2D eigenvalue weighted by atomic mass is 16.5. The molecule has 0 aromatic carbocycles. The quantitative estimate of drug-likeness (QED) is 0.676. The summed E-state index contributed by atoms with van der Waals surface area (Å²) in [6.45, 7) is 1.29. The lowest BCUT2D eigenvalue weighted by Crippen LogP contribution is -2.19. The summed E-state index contributed by atoms with van der Waals surface area (Å²) >= 11 is 0. The smallest absolute Gasteiger partial charge is 0.273 e. The number of carbonyl (C=O) groups is 1. The van der Waals surface area contributed by atoms with Crippen molar-refractivity contribution in [1.82, 2.24) is 15.0 Å². The van der Waals surface area contributed by atoms with Crippen molar-refractivity contribution < 1.29 is 9.53 Å². The number of carbonyl (C=O) groups excluding carboxylic acids is 1. The zero-order valence-corrected chi connectivity index (χ0v) is 8.22. The Balaban J connectivity index is 2.11. The summed E-state index contributed by atoms with van der Waals surface area (Å²) in [5, 5.41) is 7.38. The Hall–Kier alpha value is -1.63. The van der Waals surface area contributed by atoms with Crippen LogP contribution in [0.4, 0.5) is 5.82 Å². The molecule has 1 atom stereocenters. The molecule has 1 aromatic rings. The molecule has 0 aliphatic carbocycles. The number of primary amides is 1. The van der Waals surface area contributed by atoms with Crippen molar-refractivity contribution in [3.05, 3.63) is 5.69 Å². The van der Waals surface area contributed by atoms with E-state index in [-0.39, 0.29) is 17.6 Å². The van der Waals surface area contributed by atoms with Gasteiger partial charge in [-0.05, 0) is 12.8 Å². The number of nitrogens with two attached hydrogens (primary N) is 2. The largest absolute Gasteiger partial charge is 0.382 e. The van der Waals surface area contributed by atoms with Crippen molar-refractivity contribution in [2.75, 3.05) is 12.3 Å². The maximum atomic E-state index is 10.9. The van der Waals surface area contributed by atoms with Crippen molar-refractivity contribution in [3.8, 4) is 0 Å². The molecule has 2 rings (SSSR count). The average Bonchev–Trinajstić information content (AvgIpc) is 2.78. The highest BCUT2D eigenvalue weighted by molar-refractivity contribution is 5.94. The van der Waals surface area contributed by atoms with Crippen molar-refractivity contribution >= 4 is 11.7 Å². The molecule has 15 heavy (non-hydrogen) atoms. The Kier molecular flexibility index (Phi) is 2.55. The molecule has 0 radical (unpaired) electrons. The second-order valence-electron chi connectivity index (χ2n) is 3.50. The summed E-state index contributed by atoms with van der Waals surface area (Å²) in [7, 11) is 0. The monoisotopic (exact) mass is 211 g/mol. The molecule has 1 saturated heterocycles. The van der Waals surface area contributed by atoms with Gasteiger partial charge < -0.3 is 16.2 Å². The van der Waals surface area contributed by atoms with Crippen LogP contribution in [0.3, 0.4) is 0 Å². The molecule has 7 heteroatoms. The molecule has 1 amide bonds. The fourth-order valence-electron chi connectivity index (χ4n) is 1.61. The predicted octanol–water partition coefficient (Wildman–Crippen LogP) is -0.862. The number of rotatable bonds is 3. The molecule has 1 aliphatic rings. The van der Waals surface area contributed by atoms with Gasteiger partial charge in [-0.25, -0.2) is 4.68 Å². The molecule has 4 N–H and O–H groups in total. The van der Waals surface area contributed by atoms with Crippen molar-refractivity contribution in [1.29, 1.82) is 0 Å². The van der Waals surface area contributed by atoms with Gasteiger partial charge in [-0.1, -0.05) is 5.21 Å². The maximum Gasteiger partial charge on any atom is 0.273 e. The first kappa shape index (κ1) is 9.91. The SMILES string of the molecule is NC(=O)c1nnn(C[C@@H]2CCCO2)c1N. The topological polar surface area (TPSA) is 109 Å². The third-order valence-electron chi connectivity index (χ3n) is 2.41. The van der Waals surface area contributed by atoms with Crippen LogP contribution >= 0.6 is 0 Å². The number of aromatic nitrogens is 3. The number of ether oxygens (including phenoxy) is 1. The van der Waals surface area contributed by atoms with Crippen LogP contribution < -0.4 is 11.5 Å². The number of hydrogen-bond donors (Lipinski definition) is 2. The second-order valence-corrected chi connectivity index (χ2v) is 3.50. The van der Waals surface area contributed by atoms with Gasteiger partial charge in [0, 0.05) is 6.61 Å². The van der Waals surface area contributed by atoms with Crippen molar-refractivity contribution in [2.45, 2.75) is 25.5 Å². The van der Waals surface area contributed by atoms with E-state index >= 15 is 0 Å². The molecule has 0 unspecified atom stereocenters. The molecule has 0 spiro atoms. The Morgan fingerprint density at radius 1 is 1.67 bits per heavy atom. The Morgan fingerprint density at radius 2 is 2.47 bits per heavy atom. The van der Waals surface area contributed by atoms with Crippen LogP contribution in [-0.4, -0.2) is 33.6 Å². The van der Waals surface area contributed by atoms with E-state index in [1.165, 1.54) is 4.68 Å². The third-order valence-corrected chi connectivity index (χ3v) is 2.41. The van der Waals surface area contributed by atoms with Gasteiger partial charge in [-0.15, -0.1) is 5.10 Å². The van der Waals surface area contributed by atoms with Crippen LogP contribution in [0, 0.1) is 0 Å². The van der Waals surface area contributed by atoms with E-state index in [1.807, 2.05) is 0 Å². The van der Waals surface area contributed by atoms with E-state index < -0.39 is 5.91 Å². The maximum absolute atomic E-state index is 10.9. The summed E-state index contributed by atoms with van der Waals surface area (Å²) in [6.07, 6.45) is 2.13. The minimum absolute atomic E-state index is 0.0213. The van der Waals surface area contributed by atoms with Crippen LogP contribution in [0.5, 0.6) is 0 Å². The van der Waals surface area contributed by atoms with Crippen LogP contribution in [0.25, 0.3) is 0 Å². The number of amides is 1. The molecule has 0 saturated carbocycles. The van der Waals surface area contributed by atoms with E-state index in [2.05, 4.69) is 10.3 Å². The normalized spacial score (nSPS) is 20.7. The minimum Gasteiger partial charge on any atom is -0.382 e. The predicted molar refractivity (Wildman–Crippen MR) is 51.9 cm³/mol. The van der Waals surface area contributed by atoms with Gasteiger partial charge in [0.2, 0.25) is 0 Å². The molecule has 1 aromatic heterocycles. The Labute approximate surface area is 86.4 Å². The van der Waals surface area contributed by atoms with Gasteiger partial charge in [0.25, 0.3) is 5.91 Å². The van der Waals surface area contributed by atoms with Crippen molar-refractivity contribution in [2.24, 2.45) is 5.73 Å². The average molecular weight is 211 g/mol. The highest BCUT2D eigenvalue weighted by Gasteiger charge is 2.20. The van der Waals surface area contributed by atoms with Gasteiger partial charge in [-0.2, -0.15) is 0 Å². The molecule has 1 fully saturated rings. The summed E-state index contributed by atoms with van der Waals surface area (Å²) in [6, 6.07) is 0. The van der Waals surface area contributed by atoms with E-state index in [1.54, 1.807) is 0 Å². The van der Waals surface area contributed by atoms with E-state index in [0.717, 1.165) is 19.4 Å². The van der Waals surface area contributed by atoms with Gasteiger partial charge in [0.15, 0.2) is 11.5 Å². The van der Waals surface area contributed by atoms with Crippen molar-refractivity contribution in [3.63, 3.8) is 0 Å². The molecule has 0 bridgehead atoms. The summed E-state index contributed by atoms with van der Waals surface area (Å²) < 4.78 is 6.88. The fraction of sp³-hybridized carbons (Fsp3) is 0.625. The zero-order chi connectivity index (χ0) is 10.8. The first-order chi connectivity index (χ1) is 7.18. The summed E-state index contributed by atoms with van der Waals surface area (Å²) in [5.74, 6) is -0.455. The second kappa shape index (κ2) is 3.85. The van der Waals surface area contributed by atoms with Crippen LogP contribution in [-0.2, 0) is 11.3 Å². The number of nitrogens with zero attached hydrogens (tertiary/aromatic N) is 3. The van der Waals surface area contributed by atoms with Crippen LogP contribution in [0.1, 0.15) is 23.3 Å². The Bertz CT molecular complexity index is 369. The lowest BCUT2D eigenvalue weighted by molar-refractivity contribution is 0.0939. The molecule has 82 valence electrons. The zero-order valence-electron chi connectivity index (χ0n) is 8.22. The molecule has 1 aliphatic heterocycles. The van der Waals surface area contributed by atoms with E-state index in [4.69, 9.17) is 16.2 Å². The standard InChI is InChI=1S/C8H13N5O2/c9-7-6(8(10)14)11-12-13(7)4-5-2-1-3-15-5/h5H,1-4,9H2,(H2,10,14)/t5-/m0/s1. The van der Waals surface area contributed by atoms with Gasteiger partial charge in [0.05, 0.1) is 12.6 Å². The van der Waals surface area contributed by atoms with Crippen LogP contribution in [0.2, 0.25) is 0 Å². The number of hydrogen-bond acceptors (Lipinski definition) is 5. The third kappa shape index (κ3) is 1.91. The highest BCUT2D eigenvalue weighted by Crippen LogP contribution is 2.16. The lowest BCUT2D eigenvalue weighted by Gasteiger charge is -2.09.